The molecular weight excluding hydrogens is 379 g/mol. The van der Waals surface area contributed by atoms with E-state index >= 15 is 0 Å². The second kappa shape index (κ2) is 7.27. The van der Waals surface area contributed by atoms with Crippen LogP contribution in [-0.4, -0.2) is 19.8 Å². The first-order valence-electron chi connectivity index (χ1n) is 7.65. The minimum atomic E-state index is -0.315. The van der Waals surface area contributed by atoms with Crippen molar-refractivity contribution in [3.63, 3.8) is 0 Å². The number of hydrogen-bond donors (Lipinski definition) is 0. The van der Waals surface area contributed by atoms with Gasteiger partial charge in [-0.15, -0.1) is 10.2 Å². The molecule has 6 nitrogen and oxygen atoms in total. The third-order valence-electron chi connectivity index (χ3n) is 3.47. The molecule has 0 N–H and O–H groups in total. The van der Waals surface area contributed by atoms with Gasteiger partial charge in [0.15, 0.2) is 10.8 Å². The van der Waals surface area contributed by atoms with Gasteiger partial charge < -0.3 is 9.47 Å². The van der Waals surface area contributed by atoms with E-state index in [2.05, 4.69) is 15.3 Å². The molecule has 0 saturated carbocycles. The van der Waals surface area contributed by atoms with Crippen LogP contribution in [0.25, 0.3) is 4.96 Å². The van der Waals surface area contributed by atoms with Crippen LogP contribution in [0.15, 0.2) is 48.5 Å². The van der Waals surface area contributed by atoms with Crippen molar-refractivity contribution in [3.8, 4) is 11.5 Å². The third kappa shape index (κ3) is 3.61. The molecule has 0 aliphatic carbocycles. The van der Waals surface area contributed by atoms with Gasteiger partial charge in [0.25, 0.3) is 0 Å². The first-order chi connectivity index (χ1) is 12.7. The van der Waals surface area contributed by atoms with E-state index in [1.165, 1.54) is 23.5 Å². The maximum Gasteiger partial charge on any atom is 0.234 e. The van der Waals surface area contributed by atoms with Crippen molar-refractivity contribution in [3.05, 3.63) is 70.2 Å². The highest BCUT2D eigenvalue weighted by atomic mass is 35.5. The summed E-state index contributed by atoms with van der Waals surface area (Å²) >= 11 is 7.44. The fourth-order valence-electron chi connectivity index (χ4n) is 2.23. The Morgan fingerprint density at radius 2 is 1.81 bits per heavy atom. The second-order valence-electron chi connectivity index (χ2n) is 5.27. The lowest BCUT2D eigenvalue weighted by Gasteiger charge is -2.05. The van der Waals surface area contributed by atoms with E-state index in [1.54, 1.807) is 28.8 Å². The lowest BCUT2D eigenvalue weighted by molar-refractivity contribution is 0.289. The largest absolute Gasteiger partial charge is 0.486 e. The average Bonchev–Trinajstić information content (AvgIpc) is 3.21. The Labute approximate surface area is 156 Å². The summed E-state index contributed by atoms with van der Waals surface area (Å²) in [6, 6.07) is 13.0. The number of halogens is 2. The highest BCUT2D eigenvalue weighted by Gasteiger charge is 2.13. The minimum Gasteiger partial charge on any atom is -0.486 e. The molecule has 26 heavy (non-hydrogen) atoms. The fourth-order valence-corrected chi connectivity index (χ4v) is 3.18. The van der Waals surface area contributed by atoms with Crippen LogP contribution in [0.4, 0.5) is 4.39 Å². The maximum absolute atomic E-state index is 12.9. The van der Waals surface area contributed by atoms with Gasteiger partial charge in [-0.3, -0.25) is 0 Å². The molecule has 0 aliphatic heterocycles. The summed E-state index contributed by atoms with van der Waals surface area (Å²) in [5.74, 6) is 1.37. The van der Waals surface area contributed by atoms with Gasteiger partial charge in [0, 0.05) is 0 Å². The molecular formula is C17H12ClFN4O2S. The van der Waals surface area contributed by atoms with Crippen LogP contribution < -0.4 is 9.47 Å². The molecule has 9 heteroatoms. The Kier molecular flexibility index (Phi) is 4.68. The van der Waals surface area contributed by atoms with E-state index in [0.717, 1.165) is 5.01 Å². The smallest absolute Gasteiger partial charge is 0.234 e. The Bertz CT molecular complexity index is 1030. The van der Waals surface area contributed by atoms with Crippen LogP contribution in [0.1, 0.15) is 10.8 Å². The predicted octanol–water partition coefficient (Wildman–Crippen LogP) is 4.14. The third-order valence-corrected chi connectivity index (χ3v) is 4.65. The van der Waals surface area contributed by atoms with Gasteiger partial charge >= 0.3 is 0 Å². The summed E-state index contributed by atoms with van der Waals surface area (Å²) in [6.45, 7) is 0.442. The molecule has 0 fully saturated rings. The molecule has 2 heterocycles. The zero-order chi connectivity index (χ0) is 17.9. The number of benzene rings is 2. The molecule has 2 aromatic heterocycles. The van der Waals surface area contributed by atoms with E-state index in [4.69, 9.17) is 21.1 Å². The van der Waals surface area contributed by atoms with Crippen LogP contribution >= 0.6 is 22.9 Å². The van der Waals surface area contributed by atoms with Gasteiger partial charge in [0.1, 0.15) is 30.5 Å². The summed E-state index contributed by atoms with van der Waals surface area (Å²) in [6.07, 6.45) is 0. The molecule has 0 aliphatic rings. The van der Waals surface area contributed by atoms with Crippen molar-refractivity contribution in [2.75, 3.05) is 0 Å². The van der Waals surface area contributed by atoms with Gasteiger partial charge in [-0.05, 0) is 36.4 Å². The minimum absolute atomic E-state index is 0.168. The van der Waals surface area contributed by atoms with E-state index in [-0.39, 0.29) is 19.0 Å². The molecule has 0 atom stereocenters. The van der Waals surface area contributed by atoms with Gasteiger partial charge in [-0.25, -0.2) is 4.39 Å². The molecule has 2 aromatic carbocycles. The number of nitrogens with zero attached hydrogens (tertiary/aromatic N) is 4. The molecule has 4 aromatic rings. The van der Waals surface area contributed by atoms with Gasteiger partial charge in [0.2, 0.25) is 4.96 Å². The van der Waals surface area contributed by atoms with Crippen LogP contribution in [0, 0.1) is 5.82 Å². The topological polar surface area (TPSA) is 61.5 Å². The second-order valence-corrected chi connectivity index (χ2v) is 6.72. The van der Waals surface area contributed by atoms with Crippen molar-refractivity contribution >= 4 is 27.9 Å². The van der Waals surface area contributed by atoms with E-state index in [0.29, 0.717) is 27.3 Å². The standard InChI is InChI=1S/C17H12ClFN4O2S/c18-13-3-1-2-4-14(13)25-10-16-22-23-15(20-21-17(23)26-16)9-24-12-7-5-11(19)6-8-12/h1-8H,9-10H2. The number of hydrogen-bond acceptors (Lipinski definition) is 6. The van der Waals surface area contributed by atoms with Crippen LogP contribution in [0.3, 0.4) is 0 Å². The Hall–Kier alpha value is -2.71. The molecule has 4 rings (SSSR count). The van der Waals surface area contributed by atoms with Crippen molar-refractivity contribution in [2.45, 2.75) is 13.2 Å². The molecule has 0 amide bonds. The zero-order valence-electron chi connectivity index (χ0n) is 13.3. The lowest BCUT2D eigenvalue weighted by Crippen LogP contribution is -2.03. The SMILES string of the molecule is Fc1ccc(OCc2nnc3sc(COc4ccccc4Cl)nn23)cc1. The van der Waals surface area contributed by atoms with Crippen molar-refractivity contribution in [2.24, 2.45) is 0 Å². The first-order valence-corrected chi connectivity index (χ1v) is 8.84. The average molecular weight is 391 g/mol. The summed E-state index contributed by atoms with van der Waals surface area (Å²) in [4.78, 5) is 0.639. The highest BCUT2D eigenvalue weighted by molar-refractivity contribution is 7.16. The summed E-state index contributed by atoms with van der Waals surface area (Å²) < 4.78 is 25.8. The van der Waals surface area contributed by atoms with Crippen LogP contribution in [0.5, 0.6) is 11.5 Å². The van der Waals surface area contributed by atoms with E-state index in [9.17, 15) is 4.39 Å². The van der Waals surface area contributed by atoms with E-state index in [1.807, 2.05) is 12.1 Å². The number of ether oxygens (including phenoxy) is 2. The molecule has 132 valence electrons. The highest BCUT2D eigenvalue weighted by Crippen LogP contribution is 2.25. The van der Waals surface area contributed by atoms with Crippen LogP contribution in [0.2, 0.25) is 5.02 Å². The Morgan fingerprint density at radius 1 is 1.00 bits per heavy atom. The van der Waals surface area contributed by atoms with Crippen molar-refractivity contribution in [1.29, 1.82) is 0 Å². The van der Waals surface area contributed by atoms with Crippen molar-refractivity contribution < 1.29 is 13.9 Å². The van der Waals surface area contributed by atoms with Gasteiger partial charge in [-0.1, -0.05) is 35.1 Å². The summed E-state index contributed by atoms with van der Waals surface area (Å²) in [5, 5.41) is 13.9. The van der Waals surface area contributed by atoms with Gasteiger partial charge in [0.05, 0.1) is 5.02 Å². The molecule has 0 spiro atoms. The summed E-state index contributed by atoms with van der Waals surface area (Å²) in [7, 11) is 0. The molecule has 0 unspecified atom stereocenters. The quantitative estimate of drug-likeness (QED) is 0.495. The molecule has 0 bridgehead atoms. The fraction of sp³-hybridized carbons (Fsp3) is 0.118. The number of aromatic nitrogens is 4. The molecule has 0 saturated heterocycles. The number of fused-ring (bicyclic) bond motifs is 1. The summed E-state index contributed by atoms with van der Waals surface area (Å²) in [5.41, 5.74) is 0. The number of para-hydroxylation sites is 1. The molecule has 0 radical (unpaired) electrons. The Balaban J connectivity index is 1.44. The first kappa shape index (κ1) is 16.7. The van der Waals surface area contributed by atoms with E-state index < -0.39 is 0 Å². The predicted molar refractivity (Wildman–Crippen MR) is 95.2 cm³/mol. The van der Waals surface area contributed by atoms with Gasteiger partial charge in [-0.2, -0.15) is 9.61 Å². The maximum atomic E-state index is 12.9. The lowest BCUT2D eigenvalue weighted by atomic mass is 10.3. The van der Waals surface area contributed by atoms with Crippen molar-refractivity contribution in [1.82, 2.24) is 19.8 Å². The zero-order valence-corrected chi connectivity index (χ0v) is 14.9. The normalized spacial score (nSPS) is 11.0. The monoisotopic (exact) mass is 390 g/mol. The number of rotatable bonds is 6. The van der Waals surface area contributed by atoms with Crippen LogP contribution in [-0.2, 0) is 13.2 Å². The Morgan fingerprint density at radius 3 is 2.62 bits per heavy atom.